The molecular weight excluding hydrogens is 289 g/mol. The molecule has 0 aromatic carbocycles. The van der Waals surface area contributed by atoms with Crippen LogP contribution in [-0.4, -0.2) is 47.3 Å². The summed E-state index contributed by atoms with van der Waals surface area (Å²) in [6.07, 6.45) is -5.51. The number of alkyl halides is 3. The van der Waals surface area contributed by atoms with Crippen molar-refractivity contribution in [2.24, 2.45) is 10.8 Å². The smallest absolute Gasteiger partial charge is 0.406 e. The van der Waals surface area contributed by atoms with Crippen molar-refractivity contribution in [2.45, 2.75) is 46.3 Å². The Morgan fingerprint density at radius 3 is 2.14 bits per heavy atom. The zero-order valence-electron chi connectivity index (χ0n) is 12.5. The number of amides is 2. The van der Waals surface area contributed by atoms with Crippen molar-refractivity contribution < 1.29 is 27.9 Å². The van der Waals surface area contributed by atoms with Gasteiger partial charge >= 0.3 is 18.2 Å². The number of carbonyl (C=O) groups excluding carboxylic acids is 1. The molecule has 1 rings (SSSR count). The summed E-state index contributed by atoms with van der Waals surface area (Å²) in [4.78, 5) is 24.0. The van der Waals surface area contributed by atoms with Crippen LogP contribution in [0.4, 0.5) is 18.0 Å². The Labute approximate surface area is 121 Å². The van der Waals surface area contributed by atoms with E-state index >= 15 is 0 Å². The Bertz CT molecular complexity index is 431. The van der Waals surface area contributed by atoms with Crippen LogP contribution < -0.4 is 5.32 Å². The third-order valence-corrected chi connectivity index (χ3v) is 4.15. The molecule has 0 bridgehead atoms. The van der Waals surface area contributed by atoms with E-state index in [1.165, 1.54) is 0 Å². The van der Waals surface area contributed by atoms with E-state index in [4.69, 9.17) is 5.11 Å². The summed E-state index contributed by atoms with van der Waals surface area (Å²) >= 11 is 0. The summed E-state index contributed by atoms with van der Waals surface area (Å²) in [5, 5.41) is 11.5. The van der Waals surface area contributed by atoms with Gasteiger partial charge in [0.15, 0.2) is 5.41 Å². The number of carbonyl (C=O) groups is 2. The molecule has 1 heterocycles. The van der Waals surface area contributed by atoms with E-state index in [1.54, 1.807) is 6.92 Å². The van der Waals surface area contributed by atoms with Crippen LogP contribution in [0.1, 0.15) is 34.1 Å². The Morgan fingerprint density at radius 1 is 1.29 bits per heavy atom. The van der Waals surface area contributed by atoms with Gasteiger partial charge in [-0.15, -0.1) is 0 Å². The lowest BCUT2D eigenvalue weighted by atomic mass is 9.86. The highest BCUT2D eigenvalue weighted by Crippen LogP contribution is 2.45. The second-order valence-corrected chi connectivity index (χ2v) is 6.59. The van der Waals surface area contributed by atoms with Gasteiger partial charge in [-0.25, -0.2) is 4.79 Å². The maximum atomic E-state index is 13.0. The lowest BCUT2D eigenvalue weighted by Gasteiger charge is -2.31. The molecule has 0 aromatic heterocycles. The highest BCUT2D eigenvalue weighted by Gasteiger charge is 2.64. The van der Waals surface area contributed by atoms with E-state index < -0.39 is 36.6 Å². The van der Waals surface area contributed by atoms with Gasteiger partial charge in [0.1, 0.15) is 0 Å². The number of rotatable bonds is 2. The Morgan fingerprint density at radius 2 is 1.81 bits per heavy atom. The summed E-state index contributed by atoms with van der Waals surface area (Å²) in [5.41, 5.74) is -3.11. The highest BCUT2D eigenvalue weighted by atomic mass is 19.4. The first kappa shape index (κ1) is 17.6. The van der Waals surface area contributed by atoms with Crippen molar-refractivity contribution in [3.8, 4) is 0 Å². The van der Waals surface area contributed by atoms with Crippen LogP contribution in [0.5, 0.6) is 0 Å². The van der Waals surface area contributed by atoms with Gasteiger partial charge in [0, 0.05) is 19.1 Å². The minimum atomic E-state index is -4.89. The van der Waals surface area contributed by atoms with Gasteiger partial charge in [-0.05, 0) is 18.8 Å². The van der Waals surface area contributed by atoms with Crippen molar-refractivity contribution in [1.82, 2.24) is 10.2 Å². The molecule has 8 heteroatoms. The SMILES string of the molecule is CC(NC(=O)N1CCC(C(=O)O)(C(F)(F)F)C1)C(C)(C)C. The van der Waals surface area contributed by atoms with Gasteiger partial charge in [0.05, 0.1) is 0 Å². The van der Waals surface area contributed by atoms with E-state index in [0.717, 1.165) is 4.90 Å². The Kier molecular flexibility index (Phi) is 4.51. The summed E-state index contributed by atoms with van der Waals surface area (Å²) in [6, 6.07) is -0.916. The molecule has 122 valence electrons. The van der Waals surface area contributed by atoms with E-state index in [9.17, 15) is 22.8 Å². The lowest BCUT2D eigenvalue weighted by molar-refractivity contribution is -0.227. The predicted octanol–water partition coefficient (Wildman–Crippen LogP) is 2.47. The van der Waals surface area contributed by atoms with E-state index in [0.29, 0.717) is 0 Å². The number of carboxylic acids is 1. The van der Waals surface area contributed by atoms with E-state index in [2.05, 4.69) is 5.32 Å². The van der Waals surface area contributed by atoms with Gasteiger partial charge in [-0.3, -0.25) is 4.79 Å². The van der Waals surface area contributed by atoms with Gasteiger partial charge < -0.3 is 15.3 Å². The second kappa shape index (κ2) is 5.38. The number of aliphatic carboxylic acids is 1. The quantitative estimate of drug-likeness (QED) is 0.823. The predicted molar refractivity (Wildman–Crippen MR) is 69.8 cm³/mol. The molecule has 1 aliphatic heterocycles. The second-order valence-electron chi connectivity index (χ2n) is 6.59. The Balaban J connectivity index is 2.82. The normalized spacial score (nSPS) is 24.8. The topological polar surface area (TPSA) is 69.6 Å². The van der Waals surface area contributed by atoms with Crippen molar-refractivity contribution in [2.75, 3.05) is 13.1 Å². The van der Waals surface area contributed by atoms with Gasteiger partial charge in [0.25, 0.3) is 0 Å². The molecule has 0 aliphatic carbocycles. The number of carboxylic acid groups (broad SMARTS) is 1. The average molecular weight is 310 g/mol. The van der Waals surface area contributed by atoms with Gasteiger partial charge in [-0.1, -0.05) is 20.8 Å². The van der Waals surface area contributed by atoms with E-state index in [-0.39, 0.29) is 18.0 Å². The maximum Gasteiger partial charge on any atom is 0.406 e. The first-order chi connectivity index (χ1) is 9.31. The number of nitrogens with one attached hydrogen (secondary N) is 1. The zero-order valence-corrected chi connectivity index (χ0v) is 12.5. The van der Waals surface area contributed by atoms with Crippen LogP contribution in [0.15, 0.2) is 0 Å². The van der Waals surface area contributed by atoms with Crippen LogP contribution in [-0.2, 0) is 4.79 Å². The molecule has 1 fully saturated rings. The van der Waals surface area contributed by atoms with Crippen molar-refractivity contribution in [1.29, 1.82) is 0 Å². The molecule has 2 N–H and O–H groups in total. The summed E-state index contributed by atoms with van der Waals surface area (Å²) in [6.45, 7) is 6.34. The maximum absolute atomic E-state index is 13.0. The Hall–Kier alpha value is -1.47. The van der Waals surface area contributed by atoms with Crippen LogP contribution >= 0.6 is 0 Å². The molecule has 1 aliphatic rings. The number of urea groups is 1. The van der Waals surface area contributed by atoms with Crippen LogP contribution in [0.2, 0.25) is 0 Å². The minimum Gasteiger partial charge on any atom is -0.481 e. The van der Waals surface area contributed by atoms with Gasteiger partial charge in [0.2, 0.25) is 0 Å². The number of halogens is 3. The number of hydrogen-bond acceptors (Lipinski definition) is 2. The molecule has 2 unspecified atom stereocenters. The molecule has 0 aromatic rings. The van der Waals surface area contributed by atoms with Gasteiger partial charge in [-0.2, -0.15) is 13.2 Å². The summed E-state index contributed by atoms with van der Waals surface area (Å²) in [7, 11) is 0. The first-order valence-corrected chi connectivity index (χ1v) is 6.67. The summed E-state index contributed by atoms with van der Waals surface area (Å²) < 4.78 is 39.0. The average Bonchev–Trinajstić information content (AvgIpc) is 2.72. The lowest BCUT2D eigenvalue weighted by Crippen LogP contribution is -2.51. The zero-order chi connectivity index (χ0) is 16.6. The molecule has 1 saturated heterocycles. The van der Waals surface area contributed by atoms with Crippen molar-refractivity contribution >= 4 is 12.0 Å². The largest absolute Gasteiger partial charge is 0.481 e. The van der Waals surface area contributed by atoms with Crippen LogP contribution in [0.3, 0.4) is 0 Å². The molecule has 5 nitrogen and oxygen atoms in total. The minimum absolute atomic E-state index is 0.228. The number of likely N-dealkylation sites (tertiary alicyclic amines) is 1. The van der Waals surface area contributed by atoms with Crippen LogP contribution in [0, 0.1) is 10.8 Å². The monoisotopic (exact) mass is 310 g/mol. The fourth-order valence-corrected chi connectivity index (χ4v) is 2.00. The highest BCUT2D eigenvalue weighted by molar-refractivity contribution is 5.80. The number of hydrogen-bond donors (Lipinski definition) is 2. The summed E-state index contributed by atoms with van der Waals surface area (Å²) in [5.74, 6) is -1.94. The van der Waals surface area contributed by atoms with Crippen LogP contribution in [0.25, 0.3) is 0 Å². The standard InChI is InChI=1S/C13H21F3N2O3/c1-8(11(2,3)4)17-10(21)18-6-5-12(7-18,9(19)20)13(14,15)16/h8H,5-7H2,1-4H3,(H,17,21)(H,19,20). The fraction of sp³-hybridized carbons (Fsp3) is 0.846. The molecule has 2 atom stereocenters. The third-order valence-electron chi connectivity index (χ3n) is 4.15. The van der Waals surface area contributed by atoms with E-state index in [1.807, 2.05) is 20.8 Å². The molecule has 21 heavy (non-hydrogen) atoms. The van der Waals surface area contributed by atoms with Crippen molar-refractivity contribution in [3.05, 3.63) is 0 Å². The fourth-order valence-electron chi connectivity index (χ4n) is 2.00. The molecule has 2 amide bonds. The molecule has 0 radical (unpaired) electrons. The first-order valence-electron chi connectivity index (χ1n) is 6.67. The van der Waals surface area contributed by atoms with Crippen molar-refractivity contribution in [3.63, 3.8) is 0 Å². The molecule has 0 spiro atoms. The third kappa shape index (κ3) is 3.41. The molecular formula is C13H21F3N2O3. The molecule has 0 saturated carbocycles. The number of nitrogens with zero attached hydrogens (tertiary/aromatic N) is 1.